The summed E-state index contributed by atoms with van der Waals surface area (Å²) in [5.74, 6) is 0.0806. The van der Waals surface area contributed by atoms with Gasteiger partial charge in [-0.25, -0.2) is 0 Å². The largest absolute Gasteiger partial charge is 0.369 e. The second kappa shape index (κ2) is 5.91. The molecule has 23 heavy (non-hydrogen) atoms. The number of carbonyl (C=O) groups is 1. The molecule has 0 aromatic carbocycles. The maximum Gasteiger partial charge on any atom is 0.274 e. The zero-order chi connectivity index (χ0) is 16.0. The zero-order valence-corrected chi connectivity index (χ0v) is 14.0. The van der Waals surface area contributed by atoms with Crippen LogP contribution in [0.25, 0.3) is 0 Å². The summed E-state index contributed by atoms with van der Waals surface area (Å²) in [5.41, 5.74) is 2.64. The van der Waals surface area contributed by atoms with Crippen LogP contribution in [-0.2, 0) is 11.2 Å². The molecule has 1 N–H and O–H groups in total. The molecule has 0 unspecified atom stereocenters. The first-order valence-corrected chi connectivity index (χ1v) is 8.89. The molecule has 1 saturated heterocycles. The van der Waals surface area contributed by atoms with E-state index < -0.39 is 0 Å². The van der Waals surface area contributed by atoms with Crippen molar-refractivity contribution in [3.8, 4) is 0 Å². The number of amides is 1. The van der Waals surface area contributed by atoms with Gasteiger partial charge in [-0.2, -0.15) is 5.10 Å². The second-order valence-electron chi connectivity index (χ2n) is 7.17. The number of H-pyrrole nitrogens is 1. The van der Waals surface area contributed by atoms with E-state index >= 15 is 0 Å². The highest BCUT2D eigenvalue weighted by molar-refractivity contribution is 5.94. The Balaban J connectivity index is 1.46. The number of hydrogen-bond acceptors (Lipinski definition) is 4. The van der Waals surface area contributed by atoms with Gasteiger partial charge in [-0.05, 0) is 26.7 Å². The van der Waals surface area contributed by atoms with Gasteiger partial charge in [-0.15, -0.1) is 0 Å². The summed E-state index contributed by atoms with van der Waals surface area (Å²) in [6, 6.07) is 0.768. The van der Waals surface area contributed by atoms with Crippen LogP contribution in [0.3, 0.4) is 0 Å². The minimum absolute atomic E-state index is 0.0155. The van der Waals surface area contributed by atoms with Gasteiger partial charge < -0.3 is 9.64 Å². The first kappa shape index (κ1) is 15.1. The van der Waals surface area contributed by atoms with Crippen LogP contribution in [0.1, 0.15) is 61.0 Å². The molecule has 2 atom stereocenters. The van der Waals surface area contributed by atoms with Crippen LogP contribution in [0.15, 0.2) is 0 Å². The summed E-state index contributed by atoms with van der Waals surface area (Å²) in [6.07, 6.45) is 4.91. The Labute approximate surface area is 137 Å². The molecular formula is C17H26N4O2. The average molecular weight is 318 g/mol. The van der Waals surface area contributed by atoms with Crippen molar-refractivity contribution >= 4 is 5.91 Å². The molecule has 2 fully saturated rings. The van der Waals surface area contributed by atoms with Gasteiger partial charge in [-0.1, -0.05) is 6.42 Å². The van der Waals surface area contributed by atoms with Gasteiger partial charge in [0.2, 0.25) is 0 Å². The minimum Gasteiger partial charge on any atom is -0.369 e. The van der Waals surface area contributed by atoms with Crippen molar-refractivity contribution in [1.29, 1.82) is 0 Å². The SMILES string of the molecule is C[C@@H]1Cc2c(C(=O)N3CCN(C4CCC4)CC3)n[nH]c2[C@H](C)O1. The number of nitrogens with one attached hydrogen (secondary N) is 1. The highest BCUT2D eigenvalue weighted by Crippen LogP contribution is 2.31. The Kier molecular flexibility index (Phi) is 3.89. The van der Waals surface area contributed by atoms with E-state index in [0.29, 0.717) is 5.69 Å². The Bertz CT molecular complexity index is 587. The van der Waals surface area contributed by atoms with Crippen molar-refractivity contribution < 1.29 is 9.53 Å². The predicted octanol–water partition coefficient (Wildman–Crippen LogP) is 1.74. The van der Waals surface area contributed by atoms with Crippen LogP contribution in [0.2, 0.25) is 0 Å². The maximum absolute atomic E-state index is 12.9. The molecule has 126 valence electrons. The Morgan fingerprint density at radius 2 is 1.96 bits per heavy atom. The fourth-order valence-corrected chi connectivity index (χ4v) is 4.04. The number of carbonyl (C=O) groups excluding carboxylic acids is 1. The lowest BCUT2D eigenvalue weighted by Crippen LogP contribution is -2.53. The number of piperazine rings is 1. The van der Waals surface area contributed by atoms with Crippen LogP contribution in [0, 0.1) is 0 Å². The Morgan fingerprint density at radius 3 is 2.61 bits per heavy atom. The third-order valence-electron chi connectivity index (χ3n) is 5.63. The third-order valence-corrected chi connectivity index (χ3v) is 5.63. The van der Waals surface area contributed by atoms with Crippen LogP contribution >= 0.6 is 0 Å². The molecule has 1 aliphatic carbocycles. The number of aromatic amines is 1. The molecule has 1 aromatic rings. The molecule has 0 bridgehead atoms. The van der Waals surface area contributed by atoms with Crippen LogP contribution < -0.4 is 0 Å². The highest BCUT2D eigenvalue weighted by atomic mass is 16.5. The minimum atomic E-state index is -0.0155. The topological polar surface area (TPSA) is 61.5 Å². The van der Waals surface area contributed by atoms with E-state index in [1.807, 2.05) is 11.8 Å². The normalized spacial score (nSPS) is 29.2. The molecule has 1 amide bonds. The van der Waals surface area contributed by atoms with Crippen molar-refractivity contribution in [2.45, 2.75) is 57.8 Å². The average Bonchev–Trinajstić information content (AvgIpc) is 2.89. The number of hydrogen-bond donors (Lipinski definition) is 1. The van der Waals surface area contributed by atoms with Gasteiger partial charge in [0, 0.05) is 44.2 Å². The number of rotatable bonds is 2. The second-order valence-corrected chi connectivity index (χ2v) is 7.17. The fraction of sp³-hybridized carbons (Fsp3) is 0.765. The highest BCUT2D eigenvalue weighted by Gasteiger charge is 2.34. The van der Waals surface area contributed by atoms with Crippen molar-refractivity contribution in [2.75, 3.05) is 26.2 Å². The number of ether oxygens (including phenoxy) is 1. The lowest BCUT2D eigenvalue weighted by molar-refractivity contribution is -0.00706. The maximum atomic E-state index is 12.9. The summed E-state index contributed by atoms with van der Waals surface area (Å²) in [7, 11) is 0. The van der Waals surface area contributed by atoms with E-state index in [1.54, 1.807) is 0 Å². The number of aromatic nitrogens is 2. The Hall–Kier alpha value is -1.40. The molecule has 3 heterocycles. The molecule has 3 aliphatic rings. The van der Waals surface area contributed by atoms with Crippen LogP contribution in [0.5, 0.6) is 0 Å². The standard InChI is InChI=1S/C17H26N4O2/c1-11-10-14-15(12(2)23-11)18-19-16(14)17(22)21-8-6-20(7-9-21)13-4-3-5-13/h11-13H,3-10H2,1-2H3,(H,18,19)/t11-,12+/m1/s1. The molecule has 4 rings (SSSR count). The van der Waals surface area contributed by atoms with E-state index in [0.717, 1.165) is 49.9 Å². The fourth-order valence-electron chi connectivity index (χ4n) is 4.04. The zero-order valence-electron chi connectivity index (χ0n) is 14.0. The molecule has 6 heteroatoms. The van der Waals surface area contributed by atoms with Crippen molar-refractivity contribution in [3.05, 3.63) is 17.0 Å². The van der Waals surface area contributed by atoms with E-state index in [2.05, 4.69) is 22.0 Å². The lowest BCUT2D eigenvalue weighted by atomic mass is 9.91. The van der Waals surface area contributed by atoms with Gasteiger partial charge in [0.15, 0.2) is 5.69 Å². The summed E-state index contributed by atoms with van der Waals surface area (Å²) < 4.78 is 5.81. The molecular weight excluding hydrogens is 292 g/mol. The van der Waals surface area contributed by atoms with Crippen molar-refractivity contribution in [1.82, 2.24) is 20.0 Å². The summed E-state index contributed by atoms with van der Waals surface area (Å²) in [4.78, 5) is 17.4. The van der Waals surface area contributed by atoms with E-state index in [1.165, 1.54) is 19.3 Å². The third kappa shape index (κ3) is 2.68. The van der Waals surface area contributed by atoms with Crippen molar-refractivity contribution in [2.24, 2.45) is 0 Å². The summed E-state index contributed by atoms with van der Waals surface area (Å²) in [5, 5.41) is 7.36. The van der Waals surface area contributed by atoms with Gasteiger partial charge in [0.25, 0.3) is 5.91 Å². The van der Waals surface area contributed by atoms with Crippen LogP contribution in [0.4, 0.5) is 0 Å². The predicted molar refractivity (Wildman–Crippen MR) is 86.4 cm³/mol. The first-order valence-electron chi connectivity index (χ1n) is 8.89. The Morgan fingerprint density at radius 1 is 1.22 bits per heavy atom. The quantitative estimate of drug-likeness (QED) is 0.902. The summed E-state index contributed by atoms with van der Waals surface area (Å²) in [6.45, 7) is 7.70. The molecule has 2 aliphatic heterocycles. The first-order chi connectivity index (χ1) is 11.1. The van der Waals surface area contributed by atoms with Gasteiger partial charge in [-0.3, -0.25) is 14.8 Å². The van der Waals surface area contributed by atoms with Gasteiger partial charge in [0.05, 0.1) is 17.9 Å². The molecule has 6 nitrogen and oxygen atoms in total. The molecule has 0 radical (unpaired) electrons. The molecule has 0 spiro atoms. The molecule has 1 aromatic heterocycles. The molecule has 1 saturated carbocycles. The lowest BCUT2D eigenvalue weighted by Gasteiger charge is -2.42. The monoisotopic (exact) mass is 318 g/mol. The number of nitrogens with zero attached hydrogens (tertiary/aromatic N) is 3. The van der Waals surface area contributed by atoms with Crippen molar-refractivity contribution in [3.63, 3.8) is 0 Å². The number of fused-ring (bicyclic) bond motifs is 1. The van der Waals surface area contributed by atoms with E-state index in [-0.39, 0.29) is 18.1 Å². The van der Waals surface area contributed by atoms with Gasteiger partial charge >= 0.3 is 0 Å². The van der Waals surface area contributed by atoms with E-state index in [9.17, 15) is 4.79 Å². The van der Waals surface area contributed by atoms with Crippen LogP contribution in [-0.4, -0.2) is 64.2 Å². The smallest absolute Gasteiger partial charge is 0.274 e. The van der Waals surface area contributed by atoms with Gasteiger partial charge in [0.1, 0.15) is 0 Å². The van der Waals surface area contributed by atoms with E-state index in [4.69, 9.17) is 4.74 Å². The summed E-state index contributed by atoms with van der Waals surface area (Å²) >= 11 is 0.